The predicted molar refractivity (Wildman–Crippen MR) is 89.3 cm³/mol. The lowest BCUT2D eigenvalue weighted by atomic mass is 9.98. The van der Waals surface area contributed by atoms with Crippen molar-refractivity contribution in [2.75, 3.05) is 6.61 Å². The number of hydrogen-bond acceptors (Lipinski definition) is 5. The van der Waals surface area contributed by atoms with E-state index in [9.17, 15) is 0 Å². The summed E-state index contributed by atoms with van der Waals surface area (Å²) in [5.74, 6) is 1.31. The van der Waals surface area contributed by atoms with Gasteiger partial charge in [0.05, 0.1) is 12.0 Å². The summed E-state index contributed by atoms with van der Waals surface area (Å²) in [6, 6.07) is 12.1. The zero-order valence-electron chi connectivity index (χ0n) is 13.6. The number of nitrogens with zero attached hydrogens (tertiary/aromatic N) is 3. The summed E-state index contributed by atoms with van der Waals surface area (Å²) in [7, 11) is 0. The Morgan fingerprint density at radius 1 is 1.17 bits per heavy atom. The molecular formula is C19H19N3O2. The van der Waals surface area contributed by atoms with Crippen molar-refractivity contribution in [3.05, 3.63) is 65.8 Å². The lowest BCUT2D eigenvalue weighted by molar-refractivity contribution is 0.134. The Kier molecular flexibility index (Phi) is 3.86. The number of rotatable bonds is 6. The molecule has 0 saturated heterocycles. The van der Waals surface area contributed by atoms with E-state index in [1.807, 2.05) is 43.5 Å². The summed E-state index contributed by atoms with van der Waals surface area (Å²) in [6.45, 7) is 3.33. The molecule has 122 valence electrons. The van der Waals surface area contributed by atoms with Gasteiger partial charge in [-0.15, -0.1) is 0 Å². The van der Waals surface area contributed by atoms with E-state index >= 15 is 0 Å². The maximum atomic E-state index is 5.58. The minimum atomic E-state index is -0.144. The van der Waals surface area contributed by atoms with E-state index in [0.717, 1.165) is 29.5 Å². The van der Waals surface area contributed by atoms with Gasteiger partial charge in [0.1, 0.15) is 0 Å². The molecule has 1 saturated carbocycles. The van der Waals surface area contributed by atoms with Crippen LogP contribution >= 0.6 is 0 Å². The van der Waals surface area contributed by atoms with Gasteiger partial charge in [-0.2, -0.15) is 4.98 Å². The van der Waals surface area contributed by atoms with E-state index in [1.165, 1.54) is 0 Å². The molecule has 1 fully saturated rings. The molecular weight excluding hydrogens is 302 g/mol. The summed E-state index contributed by atoms with van der Waals surface area (Å²) in [5, 5.41) is 4.17. The monoisotopic (exact) mass is 321 g/mol. The molecule has 0 amide bonds. The number of hydrogen-bond donors (Lipinski definition) is 0. The third-order valence-electron chi connectivity index (χ3n) is 4.48. The van der Waals surface area contributed by atoms with Gasteiger partial charge < -0.3 is 9.26 Å². The van der Waals surface area contributed by atoms with E-state index in [1.54, 1.807) is 6.20 Å². The number of aromatic nitrogens is 3. The Hall–Kier alpha value is -2.53. The van der Waals surface area contributed by atoms with E-state index in [2.05, 4.69) is 21.2 Å². The zero-order valence-corrected chi connectivity index (χ0v) is 13.6. The van der Waals surface area contributed by atoms with E-state index in [0.29, 0.717) is 24.9 Å². The van der Waals surface area contributed by atoms with E-state index in [4.69, 9.17) is 9.26 Å². The topological polar surface area (TPSA) is 61.0 Å². The molecule has 2 heterocycles. The molecule has 0 unspecified atom stereocenters. The lowest BCUT2D eigenvalue weighted by Gasteiger charge is -2.08. The van der Waals surface area contributed by atoms with Crippen molar-refractivity contribution in [3.63, 3.8) is 0 Å². The Morgan fingerprint density at radius 3 is 2.67 bits per heavy atom. The van der Waals surface area contributed by atoms with Crippen LogP contribution < -0.4 is 0 Å². The molecule has 2 aromatic heterocycles. The van der Waals surface area contributed by atoms with Gasteiger partial charge in [-0.3, -0.25) is 4.98 Å². The molecule has 1 aromatic carbocycles. The summed E-state index contributed by atoms with van der Waals surface area (Å²) in [6.07, 6.45) is 5.71. The van der Waals surface area contributed by atoms with Crippen LogP contribution in [0.3, 0.4) is 0 Å². The minimum Gasteiger partial charge on any atom is -0.377 e. The highest BCUT2D eigenvalue weighted by molar-refractivity contribution is 5.55. The quantitative estimate of drug-likeness (QED) is 0.692. The Bertz CT molecular complexity index is 808. The molecule has 0 aliphatic heterocycles. The van der Waals surface area contributed by atoms with Gasteiger partial charge in [0.25, 0.3) is 0 Å². The summed E-state index contributed by atoms with van der Waals surface area (Å²) < 4.78 is 11.0. The normalized spacial score (nSPS) is 15.4. The first-order chi connectivity index (χ1) is 11.8. The van der Waals surface area contributed by atoms with Crippen LogP contribution in [-0.4, -0.2) is 21.7 Å². The largest absolute Gasteiger partial charge is 0.377 e. The Morgan fingerprint density at radius 2 is 2.00 bits per heavy atom. The number of pyridine rings is 1. The third-order valence-corrected chi connectivity index (χ3v) is 4.48. The molecule has 24 heavy (non-hydrogen) atoms. The zero-order chi connectivity index (χ0) is 16.4. The van der Waals surface area contributed by atoms with Crippen molar-refractivity contribution in [2.24, 2.45) is 0 Å². The number of benzene rings is 1. The fourth-order valence-corrected chi connectivity index (χ4v) is 2.90. The summed E-state index contributed by atoms with van der Waals surface area (Å²) >= 11 is 0. The molecule has 0 radical (unpaired) electrons. The van der Waals surface area contributed by atoms with Crippen LogP contribution in [0.1, 0.15) is 36.8 Å². The molecule has 4 rings (SSSR count). The molecule has 5 nitrogen and oxygen atoms in total. The van der Waals surface area contributed by atoms with Gasteiger partial charge in [-0.1, -0.05) is 35.5 Å². The van der Waals surface area contributed by atoms with Crippen molar-refractivity contribution >= 4 is 0 Å². The molecule has 0 N–H and O–H groups in total. The van der Waals surface area contributed by atoms with Crippen LogP contribution in [0.25, 0.3) is 11.4 Å². The minimum absolute atomic E-state index is 0.144. The second-order valence-electron chi connectivity index (χ2n) is 6.08. The second kappa shape index (κ2) is 6.17. The van der Waals surface area contributed by atoms with Crippen molar-refractivity contribution < 1.29 is 9.26 Å². The van der Waals surface area contributed by atoms with Gasteiger partial charge in [0.2, 0.25) is 11.7 Å². The standard InChI is InChI=1S/C19H19N3O2/c1-2-23-13-14-5-7-15(8-6-14)17-21-18(24-22-17)19(9-10-19)16-4-3-11-20-12-16/h3-8,11-12H,2,9-10,13H2,1H3. The highest BCUT2D eigenvalue weighted by atomic mass is 16.5. The van der Waals surface area contributed by atoms with Crippen molar-refractivity contribution in [3.8, 4) is 11.4 Å². The molecule has 0 bridgehead atoms. The maximum absolute atomic E-state index is 5.58. The highest BCUT2D eigenvalue weighted by Crippen LogP contribution is 2.52. The lowest BCUT2D eigenvalue weighted by Crippen LogP contribution is -2.09. The average Bonchev–Trinajstić information content (AvgIpc) is 3.31. The Balaban J connectivity index is 1.57. The Labute approximate surface area is 140 Å². The van der Waals surface area contributed by atoms with Crippen LogP contribution in [0.4, 0.5) is 0 Å². The fraction of sp³-hybridized carbons (Fsp3) is 0.316. The number of ether oxygens (including phenoxy) is 1. The molecule has 5 heteroatoms. The van der Waals surface area contributed by atoms with Crippen molar-refractivity contribution in [1.82, 2.24) is 15.1 Å². The molecule has 0 atom stereocenters. The average molecular weight is 321 g/mol. The van der Waals surface area contributed by atoms with Crippen LogP contribution in [0.5, 0.6) is 0 Å². The maximum Gasteiger partial charge on any atom is 0.237 e. The van der Waals surface area contributed by atoms with Crippen LogP contribution in [0.15, 0.2) is 53.3 Å². The predicted octanol–water partition coefficient (Wildman–Crippen LogP) is 3.75. The SMILES string of the molecule is CCOCc1ccc(-c2noc(C3(c4cccnc4)CC3)n2)cc1. The highest BCUT2D eigenvalue weighted by Gasteiger charge is 2.51. The van der Waals surface area contributed by atoms with Crippen molar-refractivity contribution in [1.29, 1.82) is 0 Å². The van der Waals surface area contributed by atoms with Crippen LogP contribution in [0.2, 0.25) is 0 Å². The smallest absolute Gasteiger partial charge is 0.237 e. The fourth-order valence-electron chi connectivity index (χ4n) is 2.90. The molecule has 3 aromatic rings. The molecule has 1 aliphatic rings. The first-order valence-corrected chi connectivity index (χ1v) is 8.23. The summed E-state index contributed by atoms with van der Waals surface area (Å²) in [4.78, 5) is 8.86. The van der Waals surface area contributed by atoms with E-state index < -0.39 is 0 Å². The molecule has 1 aliphatic carbocycles. The van der Waals surface area contributed by atoms with Gasteiger partial charge in [-0.05, 0) is 37.0 Å². The first-order valence-electron chi connectivity index (χ1n) is 8.23. The van der Waals surface area contributed by atoms with Crippen molar-refractivity contribution in [2.45, 2.75) is 31.8 Å². The van der Waals surface area contributed by atoms with Gasteiger partial charge in [-0.25, -0.2) is 0 Å². The van der Waals surface area contributed by atoms with Crippen LogP contribution in [-0.2, 0) is 16.8 Å². The van der Waals surface area contributed by atoms with E-state index in [-0.39, 0.29) is 5.41 Å². The van der Waals surface area contributed by atoms with Gasteiger partial charge >= 0.3 is 0 Å². The van der Waals surface area contributed by atoms with Gasteiger partial charge in [0.15, 0.2) is 0 Å². The van der Waals surface area contributed by atoms with Gasteiger partial charge in [0, 0.05) is 24.6 Å². The summed E-state index contributed by atoms with van der Waals surface area (Å²) in [5.41, 5.74) is 3.09. The second-order valence-corrected chi connectivity index (χ2v) is 6.08. The van der Waals surface area contributed by atoms with Crippen LogP contribution in [0, 0.1) is 0 Å². The first kappa shape index (κ1) is 15.0. The third kappa shape index (κ3) is 2.71. The molecule has 0 spiro atoms.